The molecule has 2 heteroatoms. The Hall–Kier alpha value is -3.88. The van der Waals surface area contributed by atoms with Crippen LogP contribution in [0.4, 0.5) is 11.4 Å². The van der Waals surface area contributed by atoms with Gasteiger partial charge in [0, 0.05) is 38.6 Å². The average molecular weight is 470 g/mol. The Balaban J connectivity index is 1.18. The van der Waals surface area contributed by atoms with Crippen molar-refractivity contribution in [1.82, 2.24) is 0 Å². The van der Waals surface area contributed by atoms with Crippen LogP contribution in [0.2, 0.25) is 0 Å². The second kappa shape index (κ2) is 9.40. The summed E-state index contributed by atoms with van der Waals surface area (Å²) >= 11 is 1.89. The van der Waals surface area contributed by atoms with E-state index in [2.05, 4.69) is 133 Å². The molecule has 0 radical (unpaired) electrons. The molecule has 0 atom stereocenters. The third-order valence-corrected chi connectivity index (χ3v) is 7.86. The molecule has 6 aromatic rings. The lowest BCUT2D eigenvalue weighted by molar-refractivity contribution is 1.15. The van der Waals surface area contributed by atoms with Gasteiger partial charge in [0.2, 0.25) is 0 Å². The molecule has 0 fully saturated rings. The van der Waals surface area contributed by atoms with Gasteiger partial charge in [-0.15, -0.1) is 11.3 Å². The van der Waals surface area contributed by atoms with Gasteiger partial charge in [-0.25, -0.2) is 0 Å². The molecule has 0 aliphatic carbocycles. The molecule has 0 aliphatic rings. The summed E-state index contributed by atoms with van der Waals surface area (Å²) < 4.78 is 2.73. The third kappa shape index (κ3) is 4.58. The zero-order valence-electron chi connectivity index (χ0n) is 19.8. The molecule has 1 nitrogen and oxygen atoms in total. The van der Waals surface area contributed by atoms with Crippen LogP contribution in [0.25, 0.3) is 20.2 Å². The van der Waals surface area contributed by atoms with E-state index < -0.39 is 0 Å². The Labute approximate surface area is 210 Å². The van der Waals surface area contributed by atoms with Gasteiger partial charge in [0.1, 0.15) is 0 Å². The van der Waals surface area contributed by atoms with Gasteiger partial charge in [0.25, 0.3) is 0 Å². The zero-order valence-corrected chi connectivity index (χ0v) is 20.6. The van der Waals surface area contributed by atoms with Crippen LogP contribution in [-0.2, 0) is 12.8 Å². The van der Waals surface area contributed by atoms with E-state index in [1.54, 1.807) is 0 Å². The molecule has 6 rings (SSSR count). The summed E-state index contributed by atoms with van der Waals surface area (Å²) in [5, 5.41) is 2.72. The molecule has 0 bridgehead atoms. The first-order valence-electron chi connectivity index (χ1n) is 12.1. The molecule has 5 aromatic carbocycles. The number of thiophene rings is 1. The Morgan fingerprint density at radius 2 is 1.11 bits per heavy atom. The van der Waals surface area contributed by atoms with Gasteiger partial charge >= 0.3 is 0 Å². The van der Waals surface area contributed by atoms with Gasteiger partial charge in [0.15, 0.2) is 0 Å². The maximum atomic E-state index is 2.36. The largest absolute Gasteiger partial charge is 0.345 e. The number of hydrogen-bond acceptors (Lipinski definition) is 2. The zero-order chi connectivity index (χ0) is 23.6. The fraction of sp³-hybridized carbons (Fsp3) is 0.0909. The van der Waals surface area contributed by atoms with Crippen molar-refractivity contribution in [1.29, 1.82) is 0 Å². The lowest BCUT2D eigenvalue weighted by Crippen LogP contribution is -2.09. The molecule has 0 aliphatic heterocycles. The minimum atomic E-state index is 0.945. The maximum Gasteiger partial charge on any atom is 0.0410 e. The van der Waals surface area contributed by atoms with Gasteiger partial charge in [-0.1, -0.05) is 84.9 Å². The molecule has 35 heavy (non-hydrogen) atoms. The molecule has 1 aromatic heterocycles. The summed E-state index contributed by atoms with van der Waals surface area (Å²) in [7, 11) is 2.14. The number of benzene rings is 5. The summed E-state index contributed by atoms with van der Waals surface area (Å²) in [6.45, 7) is 0. The smallest absolute Gasteiger partial charge is 0.0410 e. The number of nitrogens with zero attached hydrogens (tertiary/aromatic N) is 1. The van der Waals surface area contributed by atoms with Crippen LogP contribution in [0.3, 0.4) is 0 Å². The Morgan fingerprint density at radius 1 is 0.486 bits per heavy atom. The minimum absolute atomic E-state index is 0.945. The third-order valence-electron chi connectivity index (χ3n) is 6.72. The van der Waals surface area contributed by atoms with Gasteiger partial charge in [0.05, 0.1) is 0 Å². The quantitative estimate of drug-likeness (QED) is 0.235. The fourth-order valence-electron chi connectivity index (χ4n) is 4.81. The lowest BCUT2D eigenvalue weighted by Gasteiger charge is -2.21. The molecule has 170 valence electrons. The van der Waals surface area contributed by atoms with Crippen molar-refractivity contribution in [2.45, 2.75) is 12.8 Å². The van der Waals surface area contributed by atoms with E-state index >= 15 is 0 Å². The molecule has 0 spiro atoms. The molecule has 0 saturated heterocycles. The van der Waals surface area contributed by atoms with Crippen LogP contribution < -0.4 is 4.90 Å². The second-order valence-corrected chi connectivity index (χ2v) is 10.2. The van der Waals surface area contributed by atoms with E-state index in [1.807, 2.05) is 11.3 Å². The highest BCUT2D eigenvalue weighted by Gasteiger charge is 2.08. The van der Waals surface area contributed by atoms with E-state index in [0.29, 0.717) is 0 Å². The van der Waals surface area contributed by atoms with Gasteiger partial charge in [-0.05, 0) is 71.5 Å². The summed E-state index contributed by atoms with van der Waals surface area (Å²) in [5.41, 5.74) is 7.77. The summed E-state index contributed by atoms with van der Waals surface area (Å²) in [6.07, 6.45) is 1.90. The summed E-state index contributed by atoms with van der Waals surface area (Å²) in [4.78, 5) is 2.27. The number of hydrogen-bond donors (Lipinski definition) is 0. The first kappa shape index (κ1) is 21.6. The van der Waals surface area contributed by atoms with Crippen LogP contribution in [0.15, 0.2) is 121 Å². The maximum absolute atomic E-state index is 2.36. The van der Waals surface area contributed by atoms with Crippen LogP contribution in [0, 0.1) is 0 Å². The van der Waals surface area contributed by atoms with Gasteiger partial charge in [-0.2, -0.15) is 0 Å². The van der Waals surface area contributed by atoms with Crippen LogP contribution >= 0.6 is 11.3 Å². The Kier molecular flexibility index (Phi) is 5.81. The van der Waals surface area contributed by atoms with Crippen molar-refractivity contribution in [2.75, 3.05) is 11.9 Å². The summed E-state index contributed by atoms with van der Waals surface area (Å²) in [5.74, 6) is 0. The SMILES string of the molecule is CN(c1ccc(Cc2ccc3c(c2)sc2ccccc23)cc1)c1cccc(Cc2ccccc2)c1. The van der Waals surface area contributed by atoms with Gasteiger partial charge in [-0.3, -0.25) is 0 Å². The van der Waals surface area contributed by atoms with Crippen molar-refractivity contribution < 1.29 is 0 Å². The van der Waals surface area contributed by atoms with E-state index in [9.17, 15) is 0 Å². The molecule has 0 saturated carbocycles. The normalized spacial score (nSPS) is 11.2. The molecule has 1 heterocycles. The Morgan fingerprint density at radius 3 is 1.94 bits per heavy atom. The van der Waals surface area contributed by atoms with Crippen molar-refractivity contribution in [3.63, 3.8) is 0 Å². The van der Waals surface area contributed by atoms with E-state index in [0.717, 1.165) is 12.8 Å². The minimum Gasteiger partial charge on any atom is -0.345 e. The van der Waals surface area contributed by atoms with Crippen molar-refractivity contribution in [2.24, 2.45) is 0 Å². The number of fused-ring (bicyclic) bond motifs is 3. The van der Waals surface area contributed by atoms with Crippen molar-refractivity contribution in [3.05, 3.63) is 144 Å². The number of rotatable bonds is 6. The molecule has 0 N–H and O–H groups in total. The predicted octanol–water partition coefficient (Wildman–Crippen LogP) is 9.00. The average Bonchev–Trinajstić information content (AvgIpc) is 3.27. The summed E-state index contributed by atoms with van der Waals surface area (Å²) in [6, 6.07) is 44.1. The standard InChI is InChI=1S/C33H27NS/c1-34(29-11-7-10-26(22-29)20-24-8-3-2-4-9-24)28-17-14-25(15-18-28)21-27-16-19-31-30-12-5-6-13-32(30)35-33(31)23-27/h2-19,22-23H,20-21H2,1H3. The first-order valence-corrected chi connectivity index (χ1v) is 12.9. The van der Waals surface area contributed by atoms with E-state index in [1.165, 1.54) is 53.8 Å². The highest BCUT2D eigenvalue weighted by molar-refractivity contribution is 7.25. The number of anilines is 2. The van der Waals surface area contributed by atoms with Crippen LogP contribution in [0.5, 0.6) is 0 Å². The highest BCUT2D eigenvalue weighted by atomic mass is 32.1. The van der Waals surface area contributed by atoms with Crippen molar-refractivity contribution >= 4 is 42.9 Å². The topological polar surface area (TPSA) is 3.24 Å². The molecule has 0 unspecified atom stereocenters. The molecular formula is C33H27NS. The molecule has 0 amide bonds. The lowest BCUT2D eigenvalue weighted by atomic mass is 10.0. The van der Waals surface area contributed by atoms with Crippen LogP contribution in [0.1, 0.15) is 22.3 Å². The van der Waals surface area contributed by atoms with Crippen molar-refractivity contribution in [3.8, 4) is 0 Å². The Bertz CT molecular complexity index is 1600. The second-order valence-electron chi connectivity index (χ2n) is 9.16. The van der Waals surface area contributed by atoms with E-state index in [-0.39, 0.29) is 0 Å². The molecular weight excluding hydrogens is 442 g/mol. The van der Waals surface area contributed by atoms with E-state index in [4.69, 9.17) is 0 Å². The highest BCUT2D eigenvalue weighted by Crippen LogP contribution is 2.34. The van der Waals surface area contributed by atoms with Gasteiger partial charge < -0.3 is 4.90 Å². The fourth-order valence-corrected chi connectivity index (χ4v) is 5.98. The monoisotopic (exact) mass is 469 g/mol. The predicted molar refractivity (Wildman–Crippen MR) is 152 cm³/mol. The van der Waals surface area contributed by atoms with Crippen LogP contribution in [-0.4, -0.2) is 7.05 Å². The first-order chi connectivity index (χ1) is 17.2.